The molecule has 188 valence electrons. The average molecular weight is 522 g/mol. The molecule has 11 heteroatoms. The number of ether oxygens (including phenoxy) is 3. The summed E-state index contributed by atoms with van der Waals surface area (Å²) in [7, 11) is 0.548. The van der Waals surface area contributed by atoms with E-state index in [1.54, 1.807) is 44.6 Å². The zero-order valence-electron chi connectivity index (χ0n) is 19.9. The van der Waals surface area contributed by atoms with Gasteiger partial charge in [-0.15, -0.1) is 0 Å². The summed E-state index contributed by atoms with van der Waals surface area (Å²) in [6.07, 6.45) is 4.47. The Kier molecular flexibility index (Phi) is 7.83. The largest absolute Gasteiger partial charge is 0.495 e. The van der Waals surface area contributed by atoms with Gasteiger partial charge in [0.05, 0.1) is 27.9 Å². The maximum Gasteiger partial charge on any atom is 0.247 e. The third kappa shape index (κ3) is 5.39. The molecule has 1 saturated carbocycles. The molecule has 0 N–H and O–H groups in total. The molecule has 0 atom stereocenters. The predicted octanol–water partition coefficient (Wildman–Crippen LogP) is 4.94. The summed E-state index contributed by atoms with van der Waals surface area (Å²) in [5, 5.41) is 4.38. The smallest absolute Gasteiger partial charge is 0.247 e. The zero-order chi connectivity index (χ0) is 25.0. The van der Waals surface area contributed by atoms with Gasteiger partial charge < -0.3 is 18.7 Å². The summed E-state index contributed by atoms with van der Waals surface area (Å²) in [6, 6.07) is 9.62. The Balaban J connectivity index is 1.68. The minimum atomic E-state index is -3.98. The first-order chi connectivity index (χ1) is 16.9. The molecule has 1 aliphatic rings. The lowest BCUT2D eigenvalue weighted by atomic mass is 9.95. The van der Waals surface area contributed by atoms with Crippen molar-refractivity contribution in [1.29, 1.82) is 0 Å². The van der Waals surface area contributed by atoms with Crippen LogP contribution in [0.1, 0.15) is 38.0 Å². The molecule has 0 bridgehead atoms. The Labute approximate surface area is 210 Å². The van der Waals surface area contributed by atoms with Crippen molar-refractivity contribution in [2.75, 3.05) is 21.3 Å². The lowest BCUT2D eigenvalue weighted by molar-refractivity contribution is 0.222. The van der Waals surface area contributed by atoms with E-state index in [4.69, 9.17) is 30.3 Å². The number of rotatable bonds is 9. The lowest BCUT2D eigenvalue weighted by Crippen LogP contribution is -2.41. The fraction of sp³-hybridized carbons (Fsp3) is 0.417. The van der Waals surface area contributed by atoms with Crippen molar-refractivity contribution in [2.24, 2.45) is 0 Å². The normalized spacial score (nSPS) is 14.8. The SMILES string of the molecule is COc1ccc(-c2noc(CN(C3CCCCC3)S(=O)(=O)c3cc(Cl)ccc3OC)n2)cc1OC. The van der Waals surface area contributed by atoms with Crippen LogP contribution >= 0.6 is 11.6 Å². The van der Waals surface area contributed by atoms with Gasteiger partial charge in [0.2, 0.25) is 21.7 Å². The van der Waals surface area contributed by atoms with Crippen molar-refractivity contribution in [3.63, 3.8) is 0 Å². The van der Waals surface area contributed by atoms with Gasteiger partial charge in [0.25, 0.3) is 0 Å². The molecule has 3 aromatic rings. The highest BCUT2D eigenvalue weighted by molar-refractivity contribution is 7.89. The van der Waals surface area contributed by atoms with Gasteiger partial charge in [0.1, 0.15) is 10.6 Å². The van der Waals surface area contributed by atoms with Crippen LogP contribution in [0.3, 0.4) is 0 Å². The van der Waals surface area contributed by atoms with Gasteiger partial charge in [-0.3, -0.25) is 0 Å². The second-order valence-corrected chi connectivity index (χ2v) is 10.5. The van der Waals surface area contributed by atoms with E-state index in [-0.39, 0.29) is 29.1 Å². The Morgan fingerprint density at radius 1 is 0.971 bits per heavy atom. The second-order valence-electron chi connectivity index (χ2n) is 8.22. The van der Waals surface area contributed by atoms with Crippen LogP contribution in [0.15, 0.2) is 45.8 Å². The van der Waals surface area contributed by atoms with Crippen LogP contribution in [0.5, 0.6) is 17.2 Å². The molecule has 1 aliphatic carbocycles. The van der Waals surface area contributed by atoms with Crippen molar-refractivity contribution in [3.05, 3.63) is 47.3 Å². The van der Waals surface area contributed by atoms with Crippen molar-refractivity contribution in [2.45, 2.75) is 49.6 Å². The molecule has 1 aromatic heterocycles. The molecular weight excluding hydrogens is 494 g/mol. The van der Waals surface area contributed by atoms with Gasteiger partial charge in [0.15, 0.2) is 11.5 Å². The van der Waals surface area contributed by atoms with E-state index in [9.17, 15) is 8.42 Å². The van der Waals surface area contributed by atoms with Crippen molar-refractivity contribution < 1.29 is 27.2 Å². The first kappa shape index (κ1) is 25.3. The van der Waals surface area contributed by atoms with Crippen LogP contribution in [-0.2, 0) is 16.6 Å². The number of benzene rings is 2. The Morgan fingerprint density at radius 3 is 2.34 bits per heavy atom. The summed E-state index contributed by atoms with van der Waals surface area (Å²) in [5.41, 5.74) is 0.654. The van der Waals surface area contributed by atoms with E-state index < -0.39 is 10.0 Å². The fourth-order valence-corrected chi connectivity index (χ4v) is 6.36. The van der Waals surface area contributed by atoms with E-state index in [2.05, 4.69) is 10.1 Å². The highest BCUT2D eigenvalue weighted by atomic mass is 35.5. The number of halogens is 1. The van der Waals surface area contributed by atoms with Crippen LogP contribution in [0, 0.1) is 0 Å². The van der Waals surface area contributed by atoms with Crippen LogP contribution in [0.2, 0.25) is 5.02 Å². The van der Waals surface area contributed by atoms with Crippen LogP contribution in [0.25, 0.3) is 11.4 Å². The molecule has 4 rings (SSSR count). The monoisotopic (exact) mass is 521 g/mol. The second kappa shape index (κ2) is 10.8. The van der Waals surface area contributed by atoms with Crippen LogP contribution in [0.4, 0.5) is 0 Å². The molecule has 9 nitrogen and oxygen atoms in total. The fourth-order valence-electron chi connectivity index (χ4n) is 4.30. The van der Waals surface area contributed by atoms with Gasteiger partial charge in [-0.1, -0.05) is 36.0 Å². The predicted molar refractivity (Wildman–Crippen MR) is 130 cm³/mol. The summed E-state index contributed by atoms with van der Waals surface area (Å²) < 4.78 is 50.6. The number of aromatic nitrogens is 2. The molecule has 1 fully saturated rings. The number of hydrogen-bond acceptors (Lipinski definition) is 8. The van der Waals surface area contributed by atoms with Gasteiger partial charge in [-0.2, -0.15) is 9.29 Å². The van der Waals surface area contributed by atoms with Gasteiger partial charge >= 0.3 is 0 Å². The van der Waals surface area contributed by atoms with E-state index >= 15 is 0 Å². The Morgan fingerprint density at radius 2 is 1.66 bits per heavy atom. The Hall–Kier alpha value is -2.82. The maximum absolute atomic E-state index is 13.9. The molecular formula is C24H28ClN3O6S. The molecule has 0 aliphatic heterocycles. The van der Waals surface area contributed by atoms with Gasteiger partial charge in [-0.05, 0) is 49.2 Å². The molecule has 0 radical (unpaired) electrons. The number of sulfonamides is 1. The first-order valence-electron chi connectivity index (χ1n) is 11.3. The minimum absolute atomic E-state index is 0.0118. The van der Waals surface area contributed by atoms with Crippen molar-refractivity contribution >= 4 is 21.6 Å². The molecule has 0 amide bonds. The Bertz CT molecular complexity index is 1270. The summed E-state index contributed by atoms with van der Waals surface area (Å²) >= 11 is 6.15. The molecule has 0 unspecified atom stereocenters. The number of nitrogens with zero attached hydrogens (tertiary/aromatic N) is 3. The highest BCUT2D eigenvalue weighted by Gasteiger charge is 2.36. The summed E-state index contributed by atoms with van der Waals surface area (Å²) in [5.74, 6) is 1.83. The molecule has 0 spiro atoms. The third-order valence-corrected chi connectivity index (χ3v) is 8.25. The standard InChI is InChI=1S/C24H28ClN3O6S/c1-31-19-11-9-16(13-21(19)33-3)24-26-23(34-27-24)15-28(18-7-5-4-6-8-18)35(29,30)22-14-17(25)10-12-20(22)32-2/h9-14,18H,4-8,15H2,1-3H3. The van der Waals surface area contributed by atoms with E-state index in [1.165, 1.54) is 17.5 Å². The zero-order valence-corrected chi connectivity index (χ0v) is 21.4. The van der Waals surface area contributed by atoms with Crippen molar-refractivity contribution in [1.82, 2.24) is 14.4 Å². The molecule has 35 heavy (non-hydrogen) atoms. The molecule has 0 saturated heterocycles. The summed E-state index contributed by atoms with van der Waals surface area (Å²) in [6.45, 7) is -0.0665. The molecule has 1 heterocycles. The number of hydrogen-bond donors (Lipinski definition) is 0. The topological polar surface area (TPSA) is 104 Å². The quantitative estimate of drug-likeness (QED) is 0.390. The summed E-state index contributed by atoms with van der Waals surface area (Å²) in [4.78, 5) is 4.49. The molecule has 2 aromatic carbocycles. The van der Waals surface area contributed by atoms with Gasteiger partial charge in [-0.25, -0.2) is 8.42 Å². The average Bonchev–Trinajstić information content (AvgIpc) is 3.36. The van der Waals surface area contributed by atoms with Crippen molar-refractivity contribution in [3.8, 4) is 28.6 Å². The van der Waals surface area contributed by atoms with Crippen LogP contribution in [-0.4, -0.2) is 50.2 Å². The minimum Gasteiger partial charge on any atom is -0.495 e. The van der Waals surface area contributed by atoms with E-state index in [0.717, 1.165) is 32.1 Å². The highest BCUT2D eigenvalue weighted by Crippen LogP contribution is 2.35. The third-order valence-electron chi connectivity index (χ3n) is 6.10. The first-order valence-corrected chi connectivity index (χ1v) is 13.1. The number of methoxy groups -OCH3 is 3. The maximum atomic E-state index is 13.9. The van der Waals surface area contributed by atoms with Gasteiger partial charge in [0, 0.05) is 16.6 Å². The van der Waals surface area contributed by atoms with E-state index in [0.29, 0.717) is 27.9 Å². The van der Waals surface area contributed by atoms with E-state index in [1.807, 2.05) is 0 Å². The lowest BCUT2D eigenvalue weighted by Gasteiger charge is -2.32. The van der Waals surface area contributed by atoms with Crippen LogP contribution < -0.4 is 14.2 Å².